The maximum Gasteiger partial charge on any atom is 0.308 e. The lowest BCUT2D eigenvalue weighted by Crippen LogP contribution is -2.14. The highest BCUT2D eigenvalue weighted by molar-refractivity contribution is 7.92. The quantitative estimate of drug-likeness (QED) is 0.382. The van der Waals surface area contributed by atoms with Gasteiger partial charge in [-0.1, -0.05) is 0 Å². The second kappa shape index (κ2) is 6.62. The summed E-state index contributed by atoms with van der Waals surface area (Å²) < 4.78 is 44.9. The van der Waals surface area contributed by atoms with Gasteiger partial charge in [0.2, 0.25) is 0 Å². The van der Waals surface area contributed by atoms with Gasteiger partial charge < -0.3 is 4.74 Å². The molecule has 0 unspecified atom stereocenters. The lowest BCUT2D eigenvalue weighted by atomic mass is 10.3. The van der Waals surface area contributed by atoms with E-state index in [0.717, 1.165) is 43.3 Å². The lowest BCUT2D eigenvalue weighted by molar-refractivity contribution is -0.384. The summed E-state index contributed by atoms with van der Waals surface area (Å²) in [5.74, 6) is -1.66. The summed E-state index contributed by atoms with van der Waals surface area (Å²) in [5.41, 5.74) is -0.630. The van der Waals surface area contributed by atoms with E-state index >= 15 is 0 Å². The van der Waals surface area contributed by atoms with Crippen molar-refractivity contribution in [2.75, 3.05) is 4.72 Å². The molecule has 0 saturated heterocycles. The fraction of sp³-hybridized carbons (Fsp3) is 0.0714. The summed E-state index contributed by atoms with van der Waals surface area (Å²) in [6.45, 7) is 1.14. The molecule has 0 amide bonds. The Morgan fingerprint density at radius 1 is 1.21 bits per heavy atom. The van der Waals surface area contributed by atoms with Crippen molar-refractivity contribution in [2.45, 2.75) is 11.8 Å². The zero-order valence-electron chi connectivity index (χ0n) is 12.2. The molecule has 8 nitrogen and oxygen atoms in total. The highest BCUT2D eigenvalue weighted by Gasteiger charge is 2.18. The monoisotopic (exact) mass is 354 g/mol. The summed E-state index contributed by atoms with van der Waals surface area (Å²) in [4.78, 5) is 20.4. The number of carbonyl (C=O) groups is 1. The first-order valence-corrected chi connectivity index (χ1v) is 7.92. The number of hydrogen-bond donors (Lipinski definition) is 1. The lowest BCUT2D eigenvalue weighted by Gasteiger charge is -2.10. The van der Waals surface area contributed by atoms with E-state index in [-0.39, 0.29) is 22.0 Å². The van der Waals surface area contributed by atoms with Crippen molar-refractivity contribution in [3.8, 4) is 5.75 Å². The molecule has 0 spiro atoms. The fourth-order valence-electron chi connectivity index (χ4n) is 1.76. The summed E-state index contributed by atoms with van der Waals surface area (Å²) in [5, 5.41) is 10.6. The van der Waals surface area contributed by atoms with Crippen LogP contribution in [0.15, 0.2) is 47.4 Å². The van der Waals surface area contributed by atoms with E-state index in [2.05, 4.69) is 4.74 Å². The molecule has 24 heavy (non-hydrogen) atoms. The van der Waals surface area contributed by atoms with Crippen molar-refractivity contribution in [2.24, 2.45) is 0 Å². The molecule has 0 aliphatic heterocycles. The number of nitro groups is 1. The number of nitrogens with one attached hydrogen (secondary N) is 1. The zero-order valence-corrected chi connectivity index (χ0v) is 13.0. The molecular formula is C14H11FN2O6S. The van der Waals surface area contributed by atoms with Crippen LogP contribution in [0.2, 0.25) is 0 Å². The average Bonchev–Trinajstić information content (AvgIpc) is 2.49. The number of carbonyl (C=O) groups excluding carboxylic acids is 1. The number of benzene rings is 2. The molecule has 0 fully saturated rings. The standard InChI is InChI=1S/C14H11FN2O6S/c1-9(18)23-11-4-7-14(13(15)8-11)16-24(21,22)12-5-2-10(3-6-12)17(19)20/h2-8,16H,1H3. The van der Waals surface area contributed by atoms with Crippen molar-refractivity contribution in [1.82, 2.24) is 0 Å². The van der Waals surface area contributed by atoms with Crippen LogP contribution in [0.1, 0.15) is 6.92 Å². The number of rotatable bonds is 5. The van der Waals surface area contributed by atoms with Gasteiger partial charge in [0.05, 0.1) is 15.5 Å². The largest absolute Gasteiger partial charge is 0.427 e. The number of ether oxygens (including phenoxy) is 1. The predicted octanol–water partition coefficient (Wildman–Crippen LogP) is 2.46. The number of anilines is 1. The van der Waals surface area contributed by atoms with Gasteiger partial charge in [-0.3, -0.25) is 19.6 Å². The number of halogens is 1. The van der Waals surface area contributed by atoms with Crippen molar-refractivity contribution >= 4 is 27.4 Å². The third kappa shape index (κ3) is 4.04. The van der Waals surface area contributed by atoms with Gasteiger partial charge in [-0.15, -0.1) is 0 Å². The molecule has 0 aliphatic carbocycles. The van der Waals surface area contributed by atoms with E-state index in [9.17, 15) is 27.7 Å². The van der Waals surface area contributed by atoms with Gasteiger partial charge >= 0.3 is 5.97 Å². The minimum absolute atomic E-state index is 0.0710. The summed E-state index contributed by atoms with van der Waals surface area (Å²) in [7, 11) is -4.13. The second-order valence-electron chi connectivity index (χ2n) is 4.59. The van der Waals surface area contributed by atoms with Crippen molar-refractivity contribution < 1.29 is 27.3 Å². The molecular weight excluding hydrogens is 343 g/mol. The van der Waals surface area contributed by atoms with E-state index in [4.69, 9.17) is 0 Å². The second-order valence-corrected chi connectivity index (χ2v) is 6.27. The normalized spacial score (nSPS) is 10.9. The van der Waals surface area contributed by atoms with Crippen molar-refractivity contribution in [3.05, 3.63) is 58.4 Å². The minimum atomic E-state index is -4.13. The number of nitrogens with zero attached hydrogens (tertiary/aromatic N) is 1. The van der Waals surface area contributed by atoms with Crippen LogP contribution in [0.3, 0.4) is 0 Å². The predicted molar refractivity (Wildman–Crippen MR) is 81.6 cm³/mol. The molecule has 0 aromatic heterocycles. The molecule has 10 heteroatoms. The zero-order chi connectivity index (χ0) is 17.9. The SMILES string of the molecule is CC(=O)Oc1ccc(NS(=O)(=O)c2ccc([N+](=O)[O-])cc2)c(F)c1. The molecule has 0 saturated carbocycles. The fourth-order valence-corrected chi connectivity index (χ4v) is 2.83. The van der Waals surface area contributed by atoms with E-state index in [1.807, 2.05) is 4.72 Å². The maximum absolute atomic E-state index is 13.9. The minimum Gasteiger partial charge on any atom is -0.427 e. The Balaban J connectivity index is 2.25. The van der Waals surface area contributed by atoms with Crippen molar-refractivity contribution in [3.63, 3.8) is 0 Å². The topological polar surface area (TPSA) is 116 Å². The van der Waals surface area contributed by atoms with Crippen LogP contribution >= 0.6 is 0 Å². The Morgan fingerprint density at radius 2 is 1.83 bits per heavy atom. The van der Waals surface area contributed by atoms with Gasteiger partial charge in [0.25, 0.3) is 15.7 Å². The molecule has 0 aliphatic rings. The number of sulfonamides is 1. The van der Waals surface area contributed by atoms with Gasteiger partial charge in [0, 0.05) is 25.1 Å². The van der Waals surface area contributed by atoms with Gasteiger partial charge in [0.15, 0.2) is 5.82 Å². The Kier molecular flexibility index (Phi) is 4.79. The Labute approximate surface area is 136 Å². The Bertz CT molecular complexity index is 896. The number of esters is 1. The van der Waals surface area contributed by atoms with Crippen LogP contribution in [-0.2, 0) is 14.8 Å². The van der Waals surface area contributed by atoms with Crippen LogP contribution in [0.4, 0.5) is 15.8 Å². The highest BCUT2D eigenvalue weighted by atomic mass is 32.2. The van der Waals surface area contributed by atoms with Gasteiger partial charge in [-0.2, -0.15) is 0 Å². The van der Waals surface area contributed by atoms with Crippen molar-refractivity contribution in [1.29, 1.82) is 0 Å². The molecule has 1 N–H and O–H groups in total. The summed E-state index contributed by atoms with van der Waals surface area (Å²) in [6.07, 6.45) is 0. The van der Waals surface area contributed by atoms with Gasteiger partial charge in [0.1, 0.15) is 5.75 Å². The van der Waals surface area contributed by atoms with E-state index in [1.54, 1.807) is 0 Å². The van der Waals surface area contributed by atoms with Crippen LogP contribution in [0.25, 0.3) is 0 Å². The van der Waals surface area contributed by atoms with E-state index in [0.29, 0.717) is 0 Å². The average molecular weight is 354 g/mol. The van der Waals surface area contributed by atoms with Crippen LogP contribution < -0.4 is 9.46 Å². The number of nitro benzene ring substituents is 1. The first-order chi connectivity index (χ1) is 11.2. The molecule has 0 bridgehead atoms. The van der Waals surface area contributed by atoms with Gasteiger partial charge in [-0.25, -0.2) is 12.8 Å². The molecule has 2 aromatic rings. The Hall–Kier alpha value is -3.01. The number of non-ortho nitro benzene ring substituents is 1. The van der Waals surface area contributed by atoms with Crippen LogP contribution in [-0.4, -0.2) is 19.3 Å². The third-order valence-corrected chi connectivity index (χ3v) is 4.19. The number of hydrogen-bond acceptors (Lipinski definition) is 6. The molecule has 2 rings (SSSR count). The molecule has 0 atom stereocenters. The molecule has 2 aromatic carbocycles. The van der Waals surface area contributed by atoms with Gasteiger partial charge in [-0.05, 0) is 24.3 Å². The first-order valence-electron chi connectivity index (χ1n) is 6.44. The van der Waals surface area contributed by atoms with Crippen LogP contribution in [0.5, 0.6) is 5.75 Å². The summed E-state index contributed by atoms with van der Waals surface area (Å²) >= 11 is 0. The van der Waals surface area contributed by atoms with Crippen LogP contribution in [0, 0.1) is 15.9 Å². The van der Waals surface area contributed by atoms with E-state index in [1.165, 1.54) is 6.07 Å². The molecule has 0 radical (unpaired) electrons. The molecule has 0 heterocycles. The third-order valence-electron chi connectivity index (χ3n) is 2.80. The smallest absolute Gasteiger partial charge is 0.308 e. The first kappa shape index (κ1) is 17.3. The summed E-state index contributed by atoms with van der Waals surface area (Å²) in [6, 6.07) is 7.28. The maximum atomic E-state index is 13.9. The Morgan fingerprint density at radius 3 is 2.33 bits per heavy atom. The molecule has 126 valence electrons. The van der Waals surface area contributed by atoms with E-state index < -0.39 is 26.7 Å². The highest BCUT2D eigenvalue weighted by Crippen LogP contribution is 2.24.